The van der Waals surface area contributed by atoms with E-state index in [-0.39, 0.29) is 5.75 Å². The summed E-state index contributed by atoms with van der Waals surface area (Å²) < 4.78 is 31.4. The molecule has 108 valence electrons. The maximum absolute atomic E-state index is 13.0. The number of ether oxygens (including phenoxy) is 1. The van der Waals surface area contributed by atoms with Gasteiger partial charge in [0, 0.05) is 18.2 Å². The van der Waals surface area contributed by atoms with E-state index in [4.69, 9.17) is 10.5 Å². The van der Waals surface area contributed by atoms with Gasteiger partial charge in [-0.2, -0.15) is 5.10 Å². The molecule has 21 heavy (non-hydrogen) atoms. The van der Waals surface area contributed by atoms with Crippen LogP contribution in [0.25, 0.3) is 0 Å². The second-order valence-corrected chi connectivity index (χ2v) is 4.01. The van der Waals surface area contributed by atoms with Gasteiger partial charge < -0.3 is 10.5 Å². The molecule has 3 N–H and O–H groups in total. The second-order valence-electron chi connectivity index (χ2n) is 4.01. The summed E-state index contributed by atoms with van der Waals surface area (Å²) in [6.45, 7) is 0. The normalized spacial score (nSPS) is 10.6. The van der Waals surface area contributed by atoms with E-state index in [2.05, 4.69) is 10.5 Å². The first kappa shape index (κ1) is 14.4. The number of nitrogens with two attached hydrogens (primary N) is 1. The first-order valence-electron chi connectivity index (χ1n) is 5.85. The average Bonchev–Trinajstić information content (AvgIpc) is 2.39. The minimum absolute atomic E-state index is 0.0595. The van der Waals surface area contributed by atoms with Gasteiger partial charge in [0.2, 0.25) is 0 Å². The number of hydrogen-bond acceptors (Lipinski definition) is 3. The minimum atomic E-state index is -0.765. The number of rotatable bonds is 4. The molecule has 0 aliphatic carbocycles. The van der Waals surface area contributed by atoms with E-state index in [1.54, 1.807) is 24.3 Å². The predicted octanol–water partition coefficient (Wildman–Crippen LogP) is 2.76. The lowest BCUT2D eigenvalue weighted by Gasteiger charge is -2.06. The van der Waals surface area contributed by atoms with Crippen molar-refractivity contribution in [2.75, 3.05) is 0 Å². The van der Waals surface area contributed by atoms with Gasteiger partial charge in [-0.15, -0.1) is 0 Å². The van der Waals surface area contributed by atoms with E-state index >= 15 is 0 Å². The van der Waals surface area contributed by atoms with Crippen LogP contribution in [0.5, 0.6) is 11.5 Å². The van der Waals surface area contributed by atoms with Gasteiger partial charge in [-0.1, -0.05) is 0 Å². The molecule has 0 spiro atoms. The first-order valence-corrected chi connectivity index (χ1v) is 5.85. The SMILES string of the molecule is NC(=O)N/N=C\c1ccc(Oc2cc(F)cc(F)c2)cc1. The lowest BCUT2D eigenvalue weighted by atomic mass is 10.2. The third-order valence-electron chi connectivity index (χ3n) is 2.34. The molecular formula is C14H11F2N3O2. The summed E-state index contributed by atoms with van der Waals surface area (Å²) in [5.41, 5.74) is 7.58. The maximum Gasteiger partial charge on any atom is 0.332 e. The Kier molecular flexibility index (Phi) is 4.45. The van der Waals surface area contributed by atoms with Crippen LogP contribution in [0.15, 0.2) is 47.6 Å². The molecule has 0 atom stereocenters. The Morgan fingerprint density at radius 1 is 1.10 bits per heavy atom. The molecule has 7 heteroatoms. The molecule has 2 aromatic rings. The number of carbonyl (C=O) groups is 1. The van der Waals surface area contributed by atoms with Crippen molar-refractivity contribution >= 4 is 12.2 Å². The number of amides is 2. The van der Waals surface area contributed by atoms with Crippen molar-refractivity contribution in [3.63, 3.8) is 0 Å². The second kappa shape index (κ2) is 6.47. The number of primary amides is 1. The molecule has 0 fully saturated rings. The van der Waals surface area contributed by atoms with Crippen molar-refractivity contribution in [1.82, 2.24) is 5.43 Å². The van der Waals surface area contributed by atoms with Crippen LogP contribution < -0.4 is 15.9 Å². The predicted molar refractivity (Wildman–Crippen MR) is 73.2 cm³/mol. The summed E-state index contributed by atoms with van der Waals surface area (Å²) in [5, 5.41) is 3.59. The van der Waals surface area contributed by atoms with Crippen LogP contribution in [-0.2, 0) is 0 Å². The number of halogens is 2. The van der Waals surface area contributed by atoms with Crippen LogP contribution in [0.2, 0.25) is 0 Å². The molecule has 0 heterocycles. The van der Waals surface area contributed by atoms with E-state index in [1.807, 2.05) is 0 Å². The summed E-state index contributed by atoms with van der Waals surface area (Å²) in [7, 11) is 0. The van der Waals surface area contributed by atoms with Crippen molar-refractivity contribution in [3.05, 3.63) is 59.7 Å². The van der Waals surface area contributed by atoms with Crippen LogP contribution in [0.1, 0.15) is 5.56 Å². The molecular weight excluding hydrogens is 280 g/mol. The van der Waals surface area contributed by atoms with Gasteiger partial charge >= 0.3 is 6.03 Å². The molecule has 0 aromatic heterocycles. The Bertz CT molecular complexity index is 652. The quantitative estimate of drug-likeness (QED) is 0.671. The monoisotopic (exact) mass is 291 g/mol. The zero-order valence-electron chi connectivity index (χ0n) is 10.7. The third-order valence-corrected chi connectivity index (χ3v) is 2.34. The van der Waals surface area contributed by atoms with Gasteiger partial charge in [0.25, 0.3) is 0 Å². The molecule has 2 amide bonds. The summed E-state index contributed by atoms with van der Waals surface area (Å²) >= 11 is 0. The minimum Gasteiger partial charge on any atom is -0.457 e. The molecule has 0 radical (unpaired) electrons. The lowest BCUT2D eigenvalue weighted by Crippen LogP contribution is -2.24. The number of hydrogen-bond donors (Lipinski definition) is 2. The van der Waals surface area contributed by atoms with Crippen molar-refractivity contribution in [2.45, 2.75) is 0 Å². The van der Waals surface area contributed by atoms with Crippen LogP contribution in [0.4, 0.5) is 13.6 Å². The maximum atomic E-state index is 13.0. The number of nitrogens with zero attached hydrogens (tertiary/aromatic N) is 1. The molecule has 0 bridgehead atoms. The fourth-order valence-electron chi connectivity index (χ4n) is 1.52. The van der Waals surface area contributed by atoms with E-state index in [1.165, 1.54) is 6.21 Å². The third kappa shape index (κ3) is 4.57. The highest BCUT2D eigenvalue weighted by Crippen LogP contribution is 2.23. The highest BCUT2D eigenvalue weighted by Gasteiger charge is 2.03. The van der Waals surface area contributed by atoms with Crippen LogP contribution >= 0.6 is 0 Å². The van der Waals surface area contributed by atoms with Crippen LogP contribution in [0, 0.1) is 11.6 Å². The first-order chi connectivity index (χ1) is 10.0. The topological polar surface area (TPSA) is 76.7 Å². The van der Waals surface area contributed by atoms with Gasteiger partial charge in [0.05, 0.1) is 6.21 Å². The van der Waals surface area contributed by atoms with Gasteiger partial charge in [-0.05, 0) is 29.8 Å². The van der Waals surface area contributed by atoms with E-state index in [0.29, 0.717) is 11.3 Å². The summed E-state index contributed by atoms with van der Waals surface area (Å²) in [4.78, 5) is 10.4. The Morgan fingerprint density at radius 2 is 1.71 bits per heavy atom. The number of nitrogens with one attached hydrogen (secondary N) is 1. The molecule has 0 unspecified atom stereocenters. The van der Waals surface area contributed by atoms with E-state index < -0.39 is 17.7 Å². The molecule has 2 aromatic carbocycles. The molecule has 0 saturated carbocycles. The van der Waals surface area contributed by atoms with Gasteiger partial charge in [-0.25, -0.2) is 19.0 Å². The Hall–Kier alpha value is -2.96. The Labute approximate surface area is 119 Å². The number of benzene rings is 2. The fourth-order valence-corrected chi connectivity index (χ4v) is 1.52. The Balaban J connectivity index is 2.05. The zero-order valence-corrected chi connectivity index (χ0v) is 10.7. The molecule has 0 saturated heterocycles. The van der Waals surface area contributed by atoms with E-state index in [0.717, 1.165) is 18.2 Å². The lowest BCUT2D eigenvalue weighted by molar-refractivity contribution is 0.249. The molecule has 0 aliphatic heterocycles. The van der Waals surface area contributed by atoms with Crippen molar-refractivity contribution in [3.8, 4) is 11.5 Å². The highest BCUT2D eigenvalue weighted by molar-refractivity contribution is 5.81. The van der Waals surface area contributed by atoms with E-state index in [9.17, 15) is 13.6 Å². The summed E-state index contributed by atoms with van der Waals surface area (Å²) in [5.74, 6) is -0.970. The molecule has 5 nitrogen and oxygen atoms in total. The average molecular weight is 291 g/mol. The molecule has 2 rings (SSSR count). The van der Waals surface area contributed by atoms with Crippen LogP contribution in [-0.4, -0.2) is 12.2 Å². The summed E-state index contributed by atoms with van der Waals surface area (Å²) in [6.07, 6.45) is 1.39. The summed E-state index contributed by atoms with van der Waals surface area (Å²) in [6, 6.07) is 8.64. The van der Waals surface area contributed by atoms with Gasteiger partial charge in [-0.3, -0.25) is 0 Å². The largest absolute Gasteiger partial charge is 0.457 e. The Morgan fingerprint density at radius 3 is 2.29 bits per heavy atom. The van der Waals surface area contributed by atoms with Crippen molar-refractivity contribution < 1.29 is 18.3 Å². The zero-order chi connectivity index (χ0) is 15.2. The number of hydrazone groups is 1. The molecule has 0 aliphatic rings. The van der Waals surface area contributed by atoms with Crippen molar-refractivity contribution in [2.24, 2.45) is 10.8 Å². The van der Waals surface area contributed by atoms with Crippen molar-refractivity contribution in [1.29, 1.82) is 0 Å². The standard InChI is InChI=1S/C14H11F2N3O2/c15-10-5-11(16)7-13(6-10)21-12-3-1-9(2-4-12)8-18-19-14(17)20/h1-8H,(H3,17,19,20)/b18-8-. The van der Waals surface area contributed by atoms with Gasteiger partial charge in [0.1, 0.15) is 23.1 Å². The van der Waals surface area contributed by atoms with Crippen LogP contribution in [0.3, 0.4) is 0 Å². The van der Waals surface area contributed by atoms with Gasteiger partial charge in [0.15, 0.2) is 0 Å². The smallest absolute Gasteiger partial charge is 0.332 e. The highest BCUT2D eigenvalue weighted by atomic mass is 19.1. The fraction of sp³-hybridized carbons (Fsp3) is 0. The number of urea groups is 1. The number of carbonyl (C=O) groups excluding carboxylic acids is 1.